The Labute approximate surface area is 189 Å². The molecule has 3 rings (SSSR count). The van der Waals surface area contributed by atoms with Crippen molar-refractivity contribution in [3.63, 3.8) is 0 Å². The highest BCUT2D eigenvalue weighted by atomic mass is 15.3. The molecular weight excluding hydrogens is 376 g/mol. The summed E-state index contributed by atoms with van der Waals surface area (Å²) in [4.78, 5) is 0. The van der Waals surface area contributed by atoms with E-state index in [-0.39, 0.29) is 5.41 Å². The van der Waals surface area contributed by atoms with Crippen molar-refractivity contribution in [3.05, 3.63) is 88.5 Å². The summed E-state index contributed by atoms with van der Waals surface area (Å²) in [7, 11) is 0. The van der Waals surface area contributed by atoms with Crippen LogP contribution in [0.4, 0.5) is 5.69 Å². The monoisotopic (exact) mass is 414 g/mol. The highest BCUT2D eigenvalue weighted by Gasteiger charge is 2.20. The Morgan fingerprint density at radius 1 is 0.903 bits per heavy atom. The van der Waals surface area contributed by atoms with Crippen molar-refractivity contribution in [3.8, 4) is 0 Å². The zero-order chi connectivity index (χ0) is 22.6. The van der Waals surface area contributed by atoms with E-state index in [1.54, 1.807) is 0 Å². The fraction of sp³-hybridized carbons (Fsp3) is 0.414. The predicted octanol–water partition coefficient (Wildman–Crippen LogP) is 8.44. The first-order chi connectivity index (χ1) is 14.7. The topological polar surface area (TPSA) is 24.4 Å². The Hall–Kier alpha value is -2.61. The molecule has 2 nitrogen and oxygen atoms in total. The van der Waals surface area contributed by atoms with Gasteiger partial charge in [-0.1, -0.05) is 115 Å². The molecule has 0 saturated carbocycles. The number of allylic oxidation sites excluding steroid dienone is 4. The first kappa shape index (κ1) is 23.1. The van der Waals surface area contributed by atoms with Crippen LogP contribution in [0.3, 0.4) is 0 Å². The summed E-state index contributed by atoms with van der Waals surface area (Å²) >= 11 is 0. The average Bonchev–Trinajstić information content (AvgIpc) is 3.20. The largest absolute Gasteiger partial charge is 0.278 e. The smallest absolute Gasteiger partial charge is 0.0720 e. The molecule has 0 amide bonds. The van der Waals surface area contributed by atoms with Crippen LogP contribution in [-0.4, -0.2) is 5.71 Å². The molecule has 2 aromatic carbocycles. The van der Waals surface area contributed by atoms with E-state index in [0.717, 1.165) is 24.2 Å². The van der Waals surface area contributed by atoms with Crippen molar-refractivity contribution < 1.29 is 0 Å². The molecule has 2 aromatic rings. The maximum atomic E-state index is 5.00. The lowest BCUT2D eigenvalue weighted by molar-refractivity contribution is 0.517. The molecule has 0 saturated heterocycles. The van der Waals surface area contributed by atoms with Gasteiger partial charge in [0.05, 0.1) is 11.4 Å². The molecule has 0 spiro atoms. The zero-order valence-electron chi connectivity index (χ0n) is 20.3. The molecule has 2 heteroatoms. The minimum atomic E-state index is 0.187. The van der Waals surface area contributed by atoms with Crippen molar-refractivity contribution in [1.82, 2.24) is 0 Å². The fourth-order valence-electron chi connectivity index (χ4n) is 4.08. The molecule has 1 aliphatic rings. The molecular formula is C29H38N2. The van der Waals surface area contributed by atoms with Gasteiger partial charge in [0.1, 0.15) is 0 Å². The van der Waals surface area contributed by atoms with Crippen LogP contribution in [0.1, 0.15) is 89.8 Å². The van der Waals surface area contributed by atoms with E-state index in [1.807, 2.05) is 0 Å². The minimum Gasteiger partial charge on any atom is -0.278 e. The van der Waals surface area contributed by atoms with Crippen LogP contribution in [0.15, 0.2) is 76.9 Å². The lowest BCUT2D eigenvalue weighted by atomic mass is 9.87. The number of nitrogens with one attached hydrogen (secondary N) is 1. The van der Waals surface area contributed by atoms with Crippen LogP contribution in [0.25, 0.3) is 0 Å². The molecule has 0 fully saturated rings. The van der Waals surface area contributed by atoms with Gasteiger partial charge >= 0.3 is 0 Å². The molecule has 0 aromatic heterocycles. The third-order valence-electron chi connectivity index (χ3n) is 5.99. The number of hydrazone groups is 1. The number of hydrogen-bond donors (Lipinski definition) is 1. The zero-order valence-corrected chi connectivity index (χ0v) is 20.3. The van der Waals surface area contributed by atoms with Crippen LogP contribution >= 0.6 is 0 Å². The molecule has 0 unspecified atom stereocenters. The van der Waals surface area contributed by atoms with Crippen LogP contribution in [0, 0.1) is 5.41 Å². The van der Waals surface area contributed by atoms with Gasteiger partial charge in [0.2, 0.25) is 0 Å². The molecule has 0 radical (unpaired) electrons. The Morgan fingerprint density at radius 3 is 2.03 bits per heavy atom. The van der Waals surface area contributed by atoms with Gasteiger partial charge in [-0.15, -0.1) is 0 Å². The van der Waals surface area contributed by atoms with E-state index in [1.165, 1.54) is 27.8 Å². The van der Waals surface area contributed by atoms with Crippen molar-refractivity contribution >= 4 is 11.4 Å². The van der Waals surface area contributed by atoms with Crippen molar-refractivity contribution in [2.75, 3.05) is 5.43 Å². The third kappa shape index (κ3) is 5.76. The van der Waals surface area contributed by atoms with Gasteiger partial charge < -0.3 is 0 Å². The lowest BCUT2D eigenvalue weighted by Gasteiger charge is -2.20. The van der Waals surface area contributed by atoms with Crippen LogP contribution in [0.5, 0.6) is 0 Å². The van der Waals surface area contributed by atoms with E-state index in [0.29, 0.717) is 11.8 Å². The van der Waals surface area contributed by atoms with Gasteiger partial charge in [0, 0.05) is 6.42 Å². The molecule has 0 aliphatic heterocycles. The molecule has 1 N–H and O–H groups in total. The van der Waals surface area contributed by atoms with Gasteiger partial charge in [-0.25, -0.2) is 0 Å². The van der Waals surface area contributed by atoms with Crippen molar-refractivity contribution in [2.45, 2.75) is 73.1 Å². The number of hydrogen-bond acceptors (Lipinski definition) is 2. The second kappa shape index (κ2) is 9.68. The second-order valence-corrected chi connectivity index (χ2v) is 10.3. The number of para-hydroxylation sites is 1. The molecule has 0 heterocycles. The summed E-state index contributed by atoms with van der Waals surface area (Å²) in [5, 5.41) is 5.00. The van der Waals surface area contributed by atoms with Gasteiger partial charge in [0.15, 0.2) is 0 Å². The molecule has 0 bridgehead atoms. The van der Waals surface area contributed by atoms with E-state index >= 15 is 0 Å². The number of benzene rings is 2. The SMILES string of the molecule is CC(C)c1cccc(C(C)C)c1NN=C(CC1=CC(C(C)(C)C)=CC1)c1ccccc1. The Kier molecular flexibility index (Phi) is 7.20. The summed E-state index contributed by atoms with van der Waals surface area (Å²) < 4.78 is 0. The average molecular weight is 415 g/mol. The van der Waals surface area contributed by atoms with Crippen LogP contribution in [0.2, 0.25) is 0 Å². The van der Waals surface area contributed by atoms with Crippen molar-refractivity contribution in [2.24, 2.45) is 10.5 Å². The quantitative estimate of drug-likeness (QED) is 0.357. The van der Waals surface area contributed by atoms with Gasteiger partial charge in [0.25, 0.3) is 0 Å². The van der Waals surface area contributed by atoms with E-state index < -0.39 is 0 Å². The summed E-state index contributed by atoms with van der Waals surface area (Å²) in [5.74, 6) is 0.875. The second-order valence-electron chi connectivity index (χ2n) is 10.3. The van der Waals surface area contributed by atoms with E-state index in [2.05, 4.69) is 115 Å². The first-order valence-electron chi connectivity index (χ1n) is 11.6. The molecule has 164 valence electrons. The van der Waals surface area contributed by atoms with Crippen LogP contribution in [-0.2, 0) is 0 Å². The normalized spacial score (nSPS) is 14.8. The summed E-state index contributed by atoms with van der Waals surface area (Å²) in [6, 6.07) is 17.2. The molecule has 0 atom stereocenters. The highest BCUT2D eigenvalue weighted by molar-refractivity contribution is 6.02. The summed E-state index contributed by atoms with van der Waals surface area (Å²) in [6.45, 7) is 15.8. The van der Waals surface area contributed by atoms with Gasteiger partial charge in [-0.05, 0) is 45.9 Å². The van der Waals surface area contributed by atoms with Crippen molar-refractivity contribution in [1.29, 1.82) is 0 Å². The number of anilines is 1. The maximum Gasteiger partial charge on any atom is 0.0720 e. The number of rotatable bonds is 7. The lowest BCUT2D eigenvalue weighted by Crippen LogP contribution is -2.09. The van der Waals surface area contributed by atoms with Crippen LogP contribution < -0.4 is 5.43 Å². The predicted molar refractivity (Wildman–Crippen MR) is 136 cm³/mol. The van der Waals surface area contributed by atoms with E-state index in [9.17, 15) is 0 Å². The maximum absolute atomic E-state index is 5.00. The van der Waals surface area contributed by atoms with E-state index in [4.69, 9.17) is 5.10 Å². The molecule has 1 aliphatic carbocycles. The third-order valence-corrected chi connectivity index (χ3v) is 5.99. The first-order valence-corrected chi connectivity index (χ1v) is 11.6. The Balaban J connectivity index is 1.96. The Morgan fingerprint density at radius 2 is 1.52 bits per heavy atom. The summed E-state index contributed by atoms with van der Waals surface area (Å²) in [5.41, 5.74) is 12.6. The minimum absolute atomic E-state index is 0.187. The van der Waals surface area contributed by atoms with Gasteiger partial charge in [-0.3, -0.25) is 5.43 Å². The fourth-order valence-corrected chi connectivity index (χ4v) is 4.08. The highest BCUT2D eigenvalue weighted by Crippen LogP contribution is 2.35. The molecule has 31 heavy (non-hydrogen) atoms. The summed E-state index contributed by atoms with van der Waals surface area (Å²) in [6.07, 6.45) is 6.61. The van der Waals surface area contributed by atoms with Gasteiger partial charge in [-0.2, -0.15) is 5.10 Å². The standard InChI is InChI=1S/C29H38N2/c1-20(2)25-14-11-15-26(21(3)4)28(25)31-30-27(23-12-9-8-10-13-23)19-22-16-17-24(18-22)29(5,6)7/h8-15,17-18,20-21,31H,16,19H2,1-7H3. The number of nitrogens with zero attached hydrogens (tertiary/aromatic N) is 1. The Bertz CT molecular complexity index is 957.